The topological polar surface area (TPSA) is 84.0 Å². The standard InChI is InChI=1S/C40H32N2O5/c1-24-6-5-7-29(20-24)42-38(45)33-18-10-26(22-34(33)39(42)46)21-25-8-11-27(12-9-25)40(2,3)28-13-15-30(16-14-28)47-31-17-19-32-35(23-31)37(44)41(4)36(32)43/h5-20,22-23H,21H2,1-4H3. The average molecular weight is 621 g/mol. The van der Waals surface area contributed by atoms with E-state index in [4.69, 9.17) is 4.74 Å². The molecule has 0 aliphatic carbocycles. The maximum absolute atomic E-state index is 13.3. The molecule has 5 aromatic rings. The van der Waals surface area contributed by atoms with Crippen molar-refractivity contribution < 1.29 is 23.9 Å². The third kappa shape index (κ3) is 5.20. The maximum Gasteiger partial charge on any atom is 0.266 e. The highest BCUT2D eigenvalue weighted by Crippen LogP contribution is 2.35. The zero-order chi connectivity index (χ0) is 33.0. The lowest BCUT2D eigenvalue weighted by molar-refractivity contribution is 0.0692. The van der Waals surface area contributed by atoms with E-state index < -0.39 is 0 Å². The van der Waals surface area contributed by atoms with Gasteiger partial charge in [0.05, 0.1) is 27.9 Å². The highest BCUT2D eigenvalue weighted by Gasteiger charge is 2.37. The first-order valence-electron chi connectivity index (χ1n) is 15.4. The minimum Gasteiger partial charge on any atom is -0.457 e. The Kier molecular flexibility index (Phi) is 7.12. The molecule has 0 aromatic heterocycles. The van der Waals surface area contributed by atoms with Crippen molar-refractivity contribution in [3.05, 3.63) is 159 Å². The minimum atomic E-state index is -0.331. The number of anilines is 1. The number of benzene rings is 5. The monoisotopic (exact) mass is 620 g/mol. The molecule has 2 heterocycles. The molecule has 2 aliphatic heterocycles. The third-order valence-corrected chi connectivity index (χ3v) is 9.17. The van der Waals surface area contributed by atoms with Crippen LogP contribution in [0, 0.1) is 6.92 Å². The van der Waals surface area contributed by atoms with E-state index in [1.807, 2.05) is 61.5 Å². The smallest absolute Gasteiger partial charge is 0.266 e. The van der Waals surface area contributed by atoms with Crippen LogP contribution in [0.1, 0.15) is 83.1 Å². The molecule has 0 saturated heterocycles. The average Bonchev–Trinajstić information content (AvgIpc) is 3.44. The van der Waals surface area contributed by atoms with Crippen LogP contribution in [0.25, 0.3) is 0 Å². The second kappa shape index (κ2) is 11.2. The molecule has 2 aliphatic rings. The molecule has 0 bridgehead atoms. The first-order valence-corrected chi connectivity index (χ1v) is 15.4. The number of nitrogens with zero attached hydrogens (tertiary/aromatic N) is 2. The largest absolute Gasteiger partial charge is 0.457 e. The second-order valence-electron chi connectivity index (χ2n) is 12.7. The van der Waals surface area contributed by atoms with Gasteiger partial charge >= 0.3 is 0 Å². The fraction of sp³-hybridized carbons (Fsp3) is 0.150. The van der Waals surface area contributed by atoms with Gasteiger partial charge < -0.3 is 4.74 Å². The number of carbonyl (C=O) groups is 4. The Labute approximate surface area is 273 Å². The number of fused-ring (bicyclic) bond motifs is 2. The second-order valence-corrected chi connectivity index (χ2v) is 12.7. The van der Waals surface area contributed by atoms with E-state index in [1.165, 1.54) is 11.9 Å². The SMILES string of the molecule is Cc1cccc(N2C(=O)c3ccc(Cc4ccc(C(C)(C)c5ccc(Oc6ccc7c(c6)C(=O)N(C)C7=O)cc5)cc4)cc3C2=O)c1. The Morgan fingerprint density at radius 1 is 0.574 bits per heavy atom. The van der Waals surface area contributed by atoms with Crippen molar-refractivity contribution in [3.8, 4) is 11.5 Å². The van der Waals surface area contributed by atoms with Crippen LogP contribution in [-0.4, -0.2) is 35.6 Å². The number of amides is 4. The molecular weight excluding hydrogens is 588 g/mol. The van der Waals surface area contributed by atoms with Crippen molar-refractivity contribution in [2.45, 2.75) is 32.6 Å². The maximum atomic E-state index is 13.3. The van der Waals surface area contributed by atoms with Gasteiger partial charge in [-0.3, -0.25) is 24.1 Å². The molecule has 0 spiro atoms. The van der Waals surface area contributed by atoms with E-state index in [1.54, 1.807) is 30.3 Å². The first kappa shape index (κ1) is 29.9. The summed E-state index contributed by atoms with van der Waals surface area (Å²) in [6.07, 6.45) is 0.630. The molecule has 232 valence electrons. The fourth-order valence-electron chi connectivity index (χ4n) is 6.32. The summed E-state index contributed by atoms with van der Waals surface area (Å²) in [6, 6.07) is 34.2. The lowest BCUT2D eigenvalue weighted by atomic mass is 9.78. The van der Waals surface area contributed by atoms with Crippen LogP contribution in [0.4, 0.5) is 5.69 Å². The van der Waals surface area contributed by atoms with Gasteiger partial charge in [-0.2, -0.15) is 0 Å². The zero-order valence-electron chi connectivity index (χ0n) is 26.5. The zero-order valence-corrected chi connectivity index (χ0v) is 26.5. The molecule has 4 amide bonds. The molecule has 47 heavy (non-hydrogen) atoms. The summed E-state index contributed by atoms with van der Waals surface area (Å²) in [5.74, 6) is -0.106. The number of rotatable bonds is 7. The molecule has 5 aromatic carbocycles. The number of hydrogen-bond donors (Lipinski definition) is 0. The van der Waals surface area contributed by atoms with Gasteiger partial charge in [-0.1, -0.05) is 68.4 Å². The van der Waals surface area contributed by atoms with E-state index in [2.05, 4.69) is 38.1 Å². The minimum absolute atomic E-state index is 0.290. The Morgan fingerprint density at radius 2 is 1.13 bits per heavy atom. The predicted octanol–water partition coefficient (Wildman–Crippen LogP) is 7.73. The lowest BCUT2D eigenvalue weighted by Gasteiger charge is -2.26. The fourth-order valence-corrected chi connectivity index (χ4v) is 6.32. The van der Waals surface area contributed by atoms with Crippen LogP contribution >= 0.6 is 0 Å². The van der Waals surface area contributed by atoms with E-state index >= 15 is 0 Å². The number of aryl methyl sites for hydroxylation is 1. The van der Waals surface area contributed by atoms with Gasteiger partial charge in [-0.05, 0) is 95.8 Å². The summed E-state index contributed by atoms with van der Waals surface area (Å²) < 4.78 is 6.02. The molecule has 0 fully saturated rings. The Balaban J connectivity index is 1.04. The molecule has 7 rings (SSSR count). The van der Waals surface area contributed by atoms with Crippen LogP contribution in [0.15, 0.2) is 109 Å². The van der Waals surface area contributed by atoms with E-state index in [0.29, 0.717) is 45.9 Å². The van der Waals surface area contributed by atoms with E-state index in [9.17, 15) is 19.2 Å². The highest BCUT2D eigenvalue weighted by atomic mass is 16.5. The first-order chi connectivity index (χ1) is 22.5. The summed E-state index contributed by atoms with van der Waals surface area (Å²) in [6.45, 7) is 6.27. The van der Waals surface area contributed by atoms with E-state index in [0.717, 1.165) is 32.7 Å². The third-order valence-electron chi connectivity index (χ3n) is 9.17. The van der Waals surface area contributed by atoms with Crippen LogP contribution in [0.5, 0.6) is 11.5 Å². The Morgan fingerprint density at radius 3 is 1.83 bits per heavy atom. The summed E-state index contributed by atoms with van der Waals surface area (Å²) in [5.41, 5.74) is 7.19. The molecule has 7 nitrogen and oxygen atoms in total. The summed E-state index contributed by atoms with van der Waals surface area (Å²) >= 11 is 0. The van der Waals surface area contributed by atoms with Gasteiger partial charge in [0.15, 0.2) is 0 Å². The van der Waals surface area contributed by atoms with Crippen molar-refractivity contribution in [3.63, 3.8) is 0 Å². The number of imide groups is 2. The molecule has 0 N–H and O–H groups in total. The Hall–Kier alpha value is -5.82. The number of ether oxygens (including phenoxy) is 1. The number of carbonyl (C=O) groups excluding carboxylic acids is 4. The molecule has 7 heteroatoms. The van der Waals surface area contributed by atoms with Crippen molar-refractivity contribution in [1.29, 1.82) is 0 Å². The van der Waals surface area contributed by atoms with Crippen molar-refractivity contribution in [1.82, 2.24) is 4.90 Å². The van der Waals surface area contributed by atoms with Crippen LogP contribution in [0.3, 0.4) is 0 Å². The van der Waals surface area contributed by atoms with Crippen LogP contribution in [-0.2, 0) is 11.8 Å². The number of hydrogen-bond acceptors (Lipinski definition) is 5. The van der Waals surface area contributed by atoms with Gasteiger partial charge in [0, 0.05) is 12.5 Å². The molecule has 0 atom stereocenters. The van der Waals surface area contributed by atoms with Gasteiger partial charge in [0.2, 0.25) is 0 Å². The Bertz CT molecular complexity index is 2110. The van der Waals surface area contributed by atoms with E-state index in [-0.39, 0.29) is 29.0 Å². The summed E-state index contributed by atoms with van der Waals surface area (Å²) in [4.78, 5) is 53.3. The van der Waals surface area contributed by atoms with Gasteiger partial charge in [0.1, 0.15) is 11.5 Å². The summed E-state index contributed by atoms with van der Waals surface area (Å²) in [7, 11) is 1.47. The molecule has 0 radical (unpaired) electrons. The van der Waals surface area contributed by atoms with Crippen molar-refractivity contribution in [2.75, 3.05) is 11.9 Å². The van der Waals surface area contributed by atoms with Gasteiger partial charge in [0.25, 0.3) is 23.6 Å². The molecular formula is C40H32N2O5. The highest BCUT2D eigenvalue weighted by molar-refractivity contribution is 6.34. The quantitative estimate of drug-likeness (QED) is 0.174. The molecule has 0 saturated carbocycles. The normalized spacial score (nSPS) is 14.1. The van der Waals surface area contributed by atoms with Gasteiger partial charge in [-0.25, -0.2) is 4.90 Å². The van der Waals surface area contributed by atoms with Crippen molar-refractivity contribution in [2.24, 2.45) is 0 Å². The van der Waals surface area contributed by atoms with Crippen molar-refractivity contribution >= 4 is 29.3 Å². The summed E-state index contributed by atoms with van der Waals surface area (Å²) in [5, 5.41) is 0. The lowest BCUT2D eigenvalue weighted by Crippen LogP contribution is -2.29. The molecule has 0 unspecified atom stereocenters. The van der Waals surface area contributed by atoms with Gasteiger partial charge in [-0.15, -0.1) is 0 Å². The van der Waals surface area contributed by atoms with Crippen LogP contribution < -0.4 is 9.64 Å². The van der Waals surface area contributed by atoms with Crippen LogP contribution in [0.2, 0.25) is 0 Å². The predicted molar refractivity (Wildman–Crippen MR) is 180 cm³/mol.